The summed E-state index contributed by atoms with van der Waals surface area (Å²) in [7, 11) is 5.52. The van der Waals surface area contributed by atoms with E-state index in [4.69, 9.17) is 4.74 Å². The van der Waals surface area contributed by atoms with Crippen molar-refractivity contribution in [3.05, 3.63) is 70.2 Å². The Labute approximate surface area is 176 Å². The van der Waals surface area contributed by atoms with Gasteiger partial charge in [-0.1, -0.05) is 24.3 Å². The number of nitrogens with one attached hydrogen (secondary N) is 1. The molecule has 0 bridgehead atoms. The van der Waals surface area contributed by atoms with Crippen molar-refractivity contribution in [2.45, 2.75) is 32.7 Å². The second-order valence-corrected chi connectivity index (χ2v) is 7.75. The molecule has 2 heterocycles. The van der Waals surface area contributed by atoms with E-state index in [0.717, 1.165) is 23.2 Å². The van der Waals surface area contributed by atoms with E-state index in [9.17, 15) is 0 Å². The number of hydrogen-bond donors (Lipinski definition) is 1. The Morgan fingerprint density at radius 3 is 2.72 bits per heavy atom. The van der Waals surface area contributed by atoms with Crippen LogP contribution in [0.15, 0.2) is 53.4 Å². The molecule has 1 aromatic carbocycles. The molecular weight excluding hydrogens is 384 g/mol. The Balaban J connectivity index is 1.52. The number of imidazole rings is 1. The molecule has 0 aliphatic carbocycles. The number of guanidine groups is 1. The first-order chi connectivity index (χ1) is 14.1. The Hall–Kier alpha value is -2.71. The number of aromatic nitrogens is 3. The zero-order valence-electron chi connectivity index (χ0n) is 17.4. The van der Waals surface area contributed by atoms with Gasteiger partial charge in [0.2, 0.25) is 0 Å². The third-order valence-electron chi connectivity index (χ3n) is 4.64. The first-order valence-electron chi connectivity index (χ1n) is 9.51. The van der Waals surface area contributed by atoms with Gasteiger partial charge in [-0.25, -0.2) is 9.97 Å². The minimum atomic E-state index is 0.0215. The normalized spacial score (nSPS) is 12.8. The lowest BCUT2D eigenvalue weighted by Gasteiger charge is -2.21. The van der Waals surface area contributed by atoms with Crippen LogP contribution < -0.4 is 5.32 Å². The number of aliphatic imine (C=N–C) groups is 1. The molecule has 0 radical (unpaired) electrons. The average molecular weight is 413 g/mol. The first kappa shape index (κ1) is 21.0. The van der Waals surface area contributed by atoms with Gasteiger partial charge in [-0.15, -0.1) is 11.3 Å². The van der Waals surface area contributed by atoms with E-state index in [0.29, 0.717) is 13.1 Å². The van der Waals surface area contributed by atoms with Crippen LogP contribution in [0.5, 0.6) is 0 Å². The molecule has 8 heteroatoms. The van der Waals surface area contributed by atoms with Gasteiger partial charge < -0.3 is 19.5 Å². The molecule has 1 atom stereocenters. The predicted octanol–water partition coefficient (Wildman–Crippen LogP) is 3.30. The maximum absolute atomic E-state index is 5.34. The summed E-state index contributed by atoms with van der Waals surface area (Å²) in [5.74, 6) is 0.835. The summed E-state index contributed by atoms with van der Waals surface area (Å²) in [5, 5.41) is 6.50. The van der Waals surface area contributed by atoms with Gasteiger partial charge in [-0.3, -0.25) is 4.99 Å². The number of methoxy groups -OCH3 is 1. The molecule has 29 heavy (non-hydrogen) atoms. The zero-order valence-corrected chi connectivity index (χ0v) is 18.2. The second kappa shape index (κ2) is 10.2. The van der Waals surface area contributed by atoms with Crippen molar-refractivity contribution in [3.8, 4) is 0 Å². The largest absolute Gasteiger partial charge is 0.375 e. The molecule has 3 aromatic rings. The van der Waals surface area contributed by atoms with Crippen molar-refractivity contribution >= 4 is 17.3 Å². The van der Waals surface area contributed by atoms with Gasteiger partial charge in [0, 0.05) is 52.1 Å². The summed E-state index contributed by atoms with van der Waals surface area (Å²) in [6.07, 6.45) is 5.62. The predicted molar refractivity (Wildman–Crippen MR) is 117 cm³/mol. The van der Waals surface area contributed by atoms with Crippen molar-refractivity contribution in [1.29, 1.82) is 0 Å². The van der Waals surface area contributed by atoms with Crippen LogP contribution in [0.3, 0.4) is 0 Å². The Morgan fingerprint density at radius 2 is 2.07 bits per heavy atom. The van der Waals surface area contributed by atoms with Gasteiger partial charge in [-0.2, -0.15) is 0 Å². The van der Waals surface area contributed by atoms with E-state index < -0.39 is 0 Å². The Bertz CT molecular complexity index is 904. The van der Waals surface area contributed by atoms with E-state index in [1.165, 1.54) is 11.1 Å². The highest BCUT2D eigenvalue weighted by molar-refractivity contribution is 7.09. The van der Waals surface area contributed by atoms with Gasteiger partial charge in [-0.05, 0) is 18.1 Å². The fraction of sp³-hybridized carbons (Fsp3) is 0.381. The van der Waals surface area contributed by atoms with Crippen molar-refractivity contribution in [1.82, 2.24) is 24.8 Å². The highest BCUT2D eigenvalue weighted by Crippen LogP contribution is 2.20. The quantitative estimate of drug-likeness (QED) is 0.454. The molecule has 1 N–H and O–H groups in total. The smallest absolute Gasteiger partial charge is 0.194 e. The van der Waals surface area contributed by atoms with Crippen LogP contribution in [0.2, 0.25) is 0 Å². The van der Waals surface area contributed by atoms with Crippen LogP contribution in [0.1, 0.15) is 34.9 Å². The summed E-state index contributed by atoms with van der Waals surface area (Å²) in [5.41, 5.74) is 3.47. The molecule has 1 unspecified atom stereocenters. The molecule has 0 spiro atoms. The number of benzene rings is 1. The topological polar surface area (TPSA) is 67.6 Å². The fourth-order valence-electron chi connectivity index (χ4n) is 2.92. The van der Waals surface area contributed by atoms with Crippen LogP contribution in [-0.4, -0.2) is 46.6 Å². The molecule has 154 valence electrons. The molecule has 0 saturated carbocycles. The number of nitrogens with zero attached hydrogens (tertiary/aromatic N) is 5. The van der Waals surface area contributed by atoms with Crippen LogP contribution in [0.4, 0.5) is 0 Å². The highest BCUT2D eigenvalue weighted by atomic mass is 32.1. The molecule has 3 rings (SSSR count). The molecule has 0 aliphatic rings. The molecular formula is C21H28N6OS. The first-order valence-corrected chi connectivity index (χ1v) is 10.4. The van der Waals surface area contributed by atoms with Crippen LogP contribution in [0, 0.1) is 0 Å². The van der Waals surface area contributed by atoms with E-state index in [1.807, 2.05) is 26.5 Å². The zero-order chi connectivity index (χ0) is 20.6. The summed E-state index contributed by atoms with van der Waals surface area (Å²) in [6, 6.07) is 8.59. The van der Waals surface area contributed by atoms with Gasteiger partial charge in [0.25, 0.3) is 0 Å². The third kappa shape index (κ3) is 5.88. The summed E-state index contributed by atoms with van der Waals surface area (Å²) in [6.45, 7) is 4.24. The Morgan fingerprint density at radius 1 is 1.31 bits per heavy atom. The SMILES string of the molecule is CN=C(NCc1ccc(Cn2ccnc2)cc1)N(C)Cc1csc(C(C)OC)n1. The standard InChI is InChI=1S/C21H28N6OS/c1-16(28-4)20-25-19(14-29-20)13-26(3)21(22-2)24-11-17-5-7-18(8-6-17)12-27-10-9-23-15-27/h5-10,14-16H,11-13H2,1-4H3,(H,22,24). The van der Waals surface area contributed by atoms with Gasteiger partial charge in [0.15, 0.2) is 5.96 Å². The minimum absolute atomic E-state index is 0.0215. The third-order valence-corrected chi connectivity index (χ3v) is 5.70. The van der Waals surface area contributed by atoms with Crippen molar-refractivity contribution in [2.24, 2.45) is 4.99 Å². The van der Waals surface area contributed by atoms with E-state index in [2.05, 4.69) is 59.4 Å². The molecule has 0 amide bonds. The average Bonchev–Trinajstić information content (AvgIpc) is 3.41. The van der Waals surface area contributed by atoms with Crippen LogP contribution in [0.25, 0.3) is 0 Å². The van der Waals surface area contributed by atoms with Crippen molar-refractivity contribution in [3.63, 3.8) is 0 Å². The second-order valence-electron chi connectivity index (χ2n) is 6.86. The van der Waals surface area contributed by atoms with Crippen molar-refractivity contribution in [2.75, 3.05) is 21.2 Å². The Kier molecular flexibility index (Phi) is 7.37. The lowest BCUT2D eigenvalue weighted by Crippen LogP contribution is -2.38. The summed E-state index contributed by atoms with van der Waals surface area (Å²) < 4.78 is 7.40. The molecule has 0 aliphatic heterocycles. The monoisotopic (exact) mass is 412 g/mol. The summed E-state index contributed by atoms with van der Waals surface area (Å²) >= 11 is 1.63. The number of ether oxygens (including phenoxy) is 1. The molecule has 0 saturated heterocycles. The van der Waals surface area contributed by atoms with Gasteiger partial charge in [0.1, 0.15) is 11.1 Å². The van der Waals surface area contributed by atoms with Crippen LogP contribution >= 0.6 is 11.3 Å². The van der Waals surface area contributed by atoms with E-state index in [1.54, 1.807) is 31.7 Å². The van der Waals surface area contributed by atoms with E-state index >= 15 is 0 Å². The lowest BCUT2D eigenvalue weighted by molar-refractivity contribution is 0.119. The highest BCUT2D eigenvalue weighted by Gasteiger charge is 2.12. The van der Waals surface area contributed by atoms with Crippen LogP contribution in [-0.2, 0) is 24.4 Å². The van der Waals surface area contributed by atoms with Gasteiger partial charge >= 0.3 is 0 Å². The number of rotatable bonds is 8. The van der Waals surface area contributed by atoms with Crippen molar-refractivity contribution < 1.29 is 4.74 Å². The molecule has 0 fully saturated rings. The minimum Gasteiger partial charge on any atom is -0.375 e. The maximum Gasteiger partial charge on any atom is 0.194 e. The van der Waals surface area contributed by atoms with Gasteiger partial charge in [0.05, 0.1) is 18.6 Å². The maximum atomic E-state index is 5.34. The number of thiazole rings is 1. The summed E-state index contributed by atoms with van der Waals surface area (Å²) in [4.78, 5) is 15.2. The molecule has 2 aromatic heterocycles. The van der Waals surface area contributed by atoms with E-state index in [-0.39, 0.29) is 6.10 Å². The molecule has 7 nitrogen and oxygen atoms in total. The fourth-order valence-corrected chi connectivity index (χ4v) is 3.76. The number of hydrogen-bond acceptors (Lipinski definition) is 5. The lowest BCUT2D eigenvalue weighted by atomic mass is 10.1.